The van der Waals surface area contributed by atoms with E-state index in [1.165, 1.54) is 6.33 Å². The van der Waals surface area contributed by atoms with Crippen molar-refractivity contribution >= 4 is 21.4 Å². The second-order valence-corrected chi connectivity index (χ2v) is 4.29. The molecule has 1 aromatic carbocycles. The van der Waals surface area contributed by atoms with E-state index >= 15 is 0 Å². The zero-order valence-electron chi connectivity index (χ0n) is 8.75. The molecule has 2 aromatic heterocycles. The van der Waals surface area contributed by atoms with Crippen LogP contribution < -0.4 is 4.74 Å². The van der Waals surface area contributed by atoms with E-state index in [0.717, 1.165) is 15.7 Å². The van der Waals surface area contributed by atoms with Crippen LogP contribution >= 0.6 is 15.9 Å². The minimum absolute atomic E-state index is 0.531. The summed E-state index contributed by atoms with van der Waals surface area (Å²) in [5.41, 5.74) is 0.816. The highest BCUT2D eigenvalue weighted by molar-refractivity contribution is 9.10. The number of ether oxygens (including phenoxy) is 1. The third-order valence-electron chi connectivity index (χ3n) is 2.33. The summed E-state index contributed by atoms with van der Waals surface area (Å²) in [5, 5.41) is 4.10. The Morgan fingerprint density at radius 3 is 2.76 bits per heavy atom. The summed E-state index contributed by atoms with van der Waals surface area (Å²) in [6.07, 6.45) is 3.32. The molecule has 0 saturated heterocycles. The van der Waals surface area contributed by atoms with E-state index in [1.54, 1.807) is 4.52 Å². The molecule has 0 fully saturated rings. The lowest BCUT2D eigenvalue weighted by molar-refractivity contribution is 0.463. The molecule has 0 atom stereocenters. The smallest absolute Gasteiger partial charge is 0.248 e. The maximum absolute atomic E-state index is 5.73. The molecule has 0 radical (unpaired) electrons. The van der Waals surface area contributed by atoms with Gasteiger partial charge in [0.25, 0.3) is 0 Å². The first-order chi connectivity index (χ1) is 8.34. The van der Waals surface area contributed by atoms with E-state index in [0.29, 0.717) is 5.88 Å². The van der Waals surface area contributed by atoms with Crippen molar-refractivity contribution in [3.8, 4) is 11.6 Å². The van der Waals surface area contributed by atoms with Gasteiger partial charge in [-0.05, 0) is 34.1 Å². The molecule has 0 N–H and O–H groups in total. The predicted octanol–water partition coefficient (Wildman–Crippen LogP) is 3.28. The zero-order chi connectivity index (χ0) is 11.7. The van der Waals surface area contributed by atoms with Gasteiger partial charge in [-0.15, -0.1) is 0 Å². The van der Waals surface area contributed by atoms with Gasteiger partial charge in [0.2, 0.25) is 5.88 Å². The molecule has 0 unspecified atom stereocenters. The lowest BCUT2D eigenvalue weighted by Crippen LogP contribution is -1.95. The Morgan fingerprint density at radius 1 is 1.12 bits per heavy atom. The lowest BCUT2D eigenvalue weighted by atomic mass is 10.3. The van der Waals surface area contributed by atoms with Crippen LogP contribution in [0.2, 0.25) is 0 Å². The molecule has 0 amide bonds. The number of aromatic nitrogens is 3. The summed E-state index contributed by atoms with van der Waals surface area (Å²) >= 11 is 3.45. The van der Waals surface area contributed by atoms with Gasteiger partial charge in [0.15, 0.2) is 0 Å². The highest BCUT2D eigenvalue weighted by atomic mass is 79.9. The molecule has 5 heteroatoms. The minimum Gasteiger partial charge on any atom is -0.437 e. The fourth-order valence-corrected chi connectivity index (χ4v) is 2.03. The molecule has 4 nitrogen and oxygen atoms in total. The Balaban J connectivity index is 2.09. The van der Waals surface area contributed by atoms with E-state index in [9.17, 15) is 0 Å². The Morgan fingerprint density at radius 2 is 1.94 bits per heavy atom. The number of benzene rings is 1. The quantitative estimate of drug-likeness (QED) is 0.727. The van der Waals surface area contributed by atoms with Gasteiger partial charge in [-0.1, -0.05) is 18.2 Å². The van der Waals surface area contributed by atoms with Crippen molar-refractivity contribution in [2.45, 2.75) is 0 Å². The Labute approximate surface area is 106 Å². The molecule has 0 aliphatic heterocycles. The molecule has 2 heterocycles. The van der Waals surface area contributed by atoms with E-state index < -0.39 is 0 Å². The first-order valence-electron chi connectivity index (χ1n) is 5.05. The van der Waals surface area contributed by atoms with E-state index in [-0.39, 0.29) is 0 Å². The van der Waals surface area contributed by atoms with Crippen LogP contribution in [-0.2, 0) is 0 Å². The van der Waals surface area contributed by atoms with Crippen molar-refractivity contribution < 1.29 is 4.74 Å². The normalized spacial score (nSPS) is 10.6. The van der Waals surface area contributed by atoms with Crippen molar-refractivity contribution in [3.05, 3.63) is 53.4 Å². The van der Waals surface area contributed by atoms with Crippen LogP contribution in [0.25, 0.3) is 5.52 Å². The summed E-state index contributed by atoms with van der Waals surface area (Å²) in [7, 11) is 0. The minimum atomic E-state index is 0.531. The van der Waals surface area contributed by atoms with E-state index in [4.69, 9.17) is 4.74 Å². The summed E-state index contributed by atoms with van der Waals surface area (Å²) in [6, 6.07) is 11.4. The van der Waals surface area contributed by atoms with E-state index in [1.807, 2.05) is 42.6 Å². The van der Waals surface area contributed by atoms with Crippen LogP contribution in [0.5, 0.6) is 11.6 Å². The van der Waals surface area contributed by atoms with Crippen LogP contribution in [-0.4, -0.2) is 14.6 Å². The van der Waals surface area contributed by atoms with Gasteiger partial charge in [0.05, 0.1) is 4.47 Å². The van der Waals surface area contributed by atoms with Crippen molar-refractivity contribution in [1.82, 2.24) is 14.6 Å². The molecule has 0 aliphatic rings. The van der Waals surface area contributed by atoms with Crippen molar-refractivity contribution in [2.24, 2.45) is 0 Å². The zero-order valence-corrected chi connectivity index (χ0v) is 10.3. The first-order valence-corrected chi connectivity index (χ1v) is 5.84. The van der Waals surface area contributed by atoms with Gasteiger partial charge >= 0.3 is 0 Å². The van der Waals surface area contributed by atoms with Crippen LogP contribution in [0.1, 0.15) is 0 Å². The highest BCUT2D eigenvalue weighted by Crippen LogP contribution is 2.28. The van der Waals surface area contributed by atoms with Gasteiger partial charge in [-0.25, -0.2) is 4.52 Å². The van der Waals surface area contributed by atoms with Gasteiger partial charge in [-0.2, -0.15) is 10.1 Å². The summed E-state index contributed by atoms with van der Waals surface area (Å²) < 4.78 is 8.35. The van der Waals surface area contributed by atoms with Gasteiger partial charge in [0, 0.05) is 6.20 Å². The molecule has 0 aliphatic carbocycles. The number of nitrogens with zero attached hydrogens (tertiary/aromatic N) is 3. The third-order valence-corrected chi connectivity index (χ3v) is 2.97. The molecule has 0 bridgehead atoms. The fourth-order valence-electron chi connectivity index (χ4n) is 1.57. The molecule has 17 heavy (non-hydrogen) atoms. The van der Waals surface area contributed by atoms with Crippen LogP contribution in [0, 0.1) is 0 Å². The topological polar surface area (TPSA) is 39.4 Å². The molecule has 3 rings (SSSR count). The predicted molar refractivity (Wildman–Crippen MR) is 67.2 cm³/mol. The van der Waals surface area contributed by atoms with Gasteiger partial charge < -0.3 is 4.74 Å². The molecule has 3 aromatic rings. The first kappa shape index (κ1) is 10.3. The molecular formula is C12H8BrN3O. The number of rotatable bonds is 2. The molecule has 0 spiro atoms. The van der Waals surface area contributed by atoms with E-state index in [2.05, 4.69) is 26.0 Å². The maximum Gasteiger partial charge on any atom is 0.248 e. The van der Waals surface area contributed by atoms with Gasteiger partial charge in [0.1, 0.15) is 17.6 Å². The Bertz CT molecular complexity index is 651. The largest absolute Gasteiger partial charge is 0.437 e. The number of halogens is 1. The lowest BCUT2D eigenvalue weighted by Gasteiger charge is -2.05. The number of hydrogen-bond acceptors (Lipinski definition) is 3. The average Bonchev–Trinajstić information content (AvgIpc) is 2.74. The molecule has 0 saturated carbocycles. The number of fused-ring (bicyclic) bond motifs is 1. The summed E-state index contributed by atoms with van der Waals surface area (Å²) in [5.74, 6) is 1.28. The van der Waals surface area contributed by atoms with Crippen LogP contribution in [0.15, 0.2) is 53.4 Å². The summed E-state index contributed by atoms with van der Waals surface area (Å²) in [6.45, 7) is 0. The molecular weight excluding hydrogens is 282 g/mol. The van der Waals surface area contributed by atoms with Crippen LogP contribution in [0.3, 0.4) is 0 Å². The second kappa shape index (κ2) is 4.18. The summed E-state index contributed by atoms with van der Waals surface area (Å²) in [4.78, 5) is 4.15. The SMILES string of the molecule is Brc1ccn2ncnc(Oc3ccccc3)c12. The van der Waals surface area contributed by atoms with Crippen molar-refractivity contribution in [3.63, 3.8) is 0 Å². The standard InChI is InChI=1S/C12H8BrN3O/c13-10-6-7-16-11(10)12(14-8-15-16)17-9-4-2-1-3-5-9/h1-8H. The monoisotopic (exact) mass is 289 g/mol. The highest BCUT2D eigenvalue weighted by Gasteiger charge is 2.09. The Kier molecular flexibility index (Phi) is 2.53. The number of hydrogen-bond donors (Lipinski definition) is 0. The Hall–Kier alpha value is -1.88. The second-order valence-electron chi connectivity index (χ2n) is 3.44. The van der Waals surface area contributed by atoms with Crippen LogP contribution in [0.4, 0.5) is 0 Å². The van der Waals surface area contributed by atoms with Crippen molar-refractivity contribution in [2.75, 3.05) is 0 Å². The molecule has 84 valence electrons. The van der Waals surface area contributed by atoms with Gasteiger partial charge in [-0.3, -0.25) is 0 Å². The maximum atomic E-state index is 5.73. The fraction of sp³-hybridized carbons (Fsp3) is 0. The number of para-hydroxylation sites is 1. The third kappa shape index (κ3) is 1.89. The average molecular weight is 290 g/mol. The van der Waals surface area contributed by atoms with Crippen molar-refractivity contribution in [1.29, 1.82) is 0 Å².